The Bertz CT molecular complexity index is 1580. The number of piperidine rings is 1. The van der Waals surface area contributed by atoms with Crippen LogP contribution >= 0.6 is 0 Å². The van der Waals surface area contributed by atoms with Gasteiger partial charge < -0.3 is 9.80 Å². The molecule has 3 aromatic carbocycles. The molecule has 11 heteroatoms. The molecule has 4 aromatic rings. The number of halogens is 6. The van der Waals surface area contributed by atoms with Gasteiger partial charge in [0, 0.05) is 19.6 Å². The first kappa shape index (κ1) is 29.9. The molecule has 0 spiro atoms. The quantitative estimate of drug-likeness (QED) is 0.208. The molecule has 0 aliphatic carbocycles. The lowest BCUT2D eigenvalue weighted by Gasteiger charge is -2.33. The van der Waals surface area contributed by atoms with Crippen LogP contribution in [0, 0.1) is 6.92 Å². The van der Waals surface area contributed by atoms with Gasteiger partial charge in [-0.25, -0.2) is 0 Å². The van der Waals surface area contributed by atoms with Gasteiger partial charge in [-0.2, -0.15) is 26.3 Å². The molecule has 1 saturated heterocycles. The van der Waals surface area contributed by atoms with Crippen molar-refractivity contribution in [2.75, 3.05) is 31.1 Å². The molecule has 0 saturated carbocycles. The number of aryl methyl sites for hydroxylation is 1. The van der Waals surface area contributed by atoms with Gasteiger partial charge in [0.2, 0.25) is 0 Å². The molecule has 3 heterocycles. The minimum atomic E-state index is -4.47. The predicted molar refractivity (Wildman–Crippen MR) is 156 cm³/mol. The van der Waals surface area contributed by atoms with Crippen LogP contribution in [-0.4, -0.2) is 45.8 Å². The van der Waals surface area contributed by atoms with E-state index < -0.39 is 23.5 Å². The fourth-order valence-corrected chi connectivity index (χ4v) is 6.21. The highest BCUT2D eigenvalue weighted by molar-refractivity contribution is 5.82. The SMILES string of the molecule is Cc1nnc2n1-c1ccccc1N(CCCN1CCC(=C(c3ccc(C(F)(F)F)cc3)c3ccc(C(F)(F)F)cc3)CC1)C2. The lowest BCUT2D eigenvalue weighted by molar-refractivity contribution is -0.138. The Balaban J connectivity index is 1.16. The second-order valence-electron chi connectivity index (χ2n) is 11.2. The topological polar surface area (TPSA) is 37.2 Å². The summed E-state index contributed by atoms with van der Waals surface area (Å²) in [5.41, 5.74) is 3.55. The van der Waals surface area contributed by atoms with Crippen LogP contribution in [0.15, 0.2) is 78.4 Å². The number of nitrogens with zero attached hydrogens (tertiary/aromatic N) is 5. The normalized spacial score (nSPS) is 15.7. The maximum absolute atomic E-state index is 13.2. The number of para-hydroxylation sites is 2. The van der Waals surface area contributed by atoms with Gasteiger partial charge in [-0.3, -0.25) is 4.57 Å². The van der Waals surface area contributed by atoms with Gasteiger partial charge in [-0.05, 0) is 85.8 Å². The zero-order chi connectivity index (χ0) is 31.1. The van der Waals surface area contributed by atoms with Crippen molar-refractivity contribution in [2.45, 2.75) is 45.1 Å². The van der Waals surface area contributed by atoms with Crippen LogP contribution < -0.4 is 4.90 Å². The number of aromatic nitrogens is 3. The summed E-state index contributed by atoms with van der Waals surface area (Å²) in [5, 5.41) is 8.61. The van der Waals surface area contributed by atoms with E-state index in [1.165, 1.54) is 24.3 Å². The summed E-state index contributed by atoms with van der Waals surface area (Å²) in [5.74, 6) is 1.77. The summed E-state index contributed by atoms with van der Waals surface area (Å²) in [7, 11) is 0. The Morgan fingerprint density at radius 2 is 1.25 bits per heavy atom. The van der Waals surface area contributed by atoms with Crippen molar-refractivity contribution >= 4 is 11.3 Å². The van der Waals surface area contributed by atoms with E-state index in [4.69, 9.17) is 0 Å². The molecule has 1 fully saturated rings. The summed E-state index contributed by atoms with van der Waals surface area (Å²) < 4.78 is 81.4. The molecule has 0 unspecified atom stereocenters. The number of alkyl halides is 6. The molecule has 6 rings (SSSR count). The maximum Gasteiger partial charge on any atom is 0.416 e. The van der Waals surface area contributed by atoms with Gasteiger partial charge in [0.05, 0.1) is 29.0 Å². The Kier molecular flexibility index (Phi) is 8.00. The lowest BCUT2D eigenvalue weighted by Crippen LogP contribution is -2.35. The number of anilines is 1. The van der Waals surface area contributed by atoms with Crippen LogP contribution in [0.3, 0.4) is 0 Å². The fourth-order valence-electron chi connectivity index (χ4n) is 6.21. The number of rotatable bonds is 6. The van der Waals surface area contributed by atoms with E-state index in [2.05, 4.69) is 36.7 Å². The van der Waals surface area contributed by atoms with Gasteiger partial charge in [0.1, 0.15) is 5.82 Å². The van der Waals surface area contributed by atoms with Crippen LogP contribution in [-0.2, 0) is 18.9 Å². The number of hydrogen-bond donors (Lipinski definition) is 0. The van der Waals surface area contributed by atoms with Gasteiger partial charge >= 0.3 is 12.4 Å². The first-order chi connectivity index (χ1) is 21.0. The number of likely N-dealkylation sites (tertiary alicyclic amines) is 1. The Hall–Kier alpha value is -4.12. The highest BCUT2D eigenvalue weighted by atomic mass is 19.4. The molecule has 2 aliphatic rings. The summed E-state index contributed by atoms with van der Waals surface area (Å²) in [6.07, 6.45) is -6.68. The lowest BCUT2D eigenvalue weighted by atomic mass is 9.87. The van der Waals surface area contributed by atoms with Gasteiger partial charge in [-0.1, -0.05) is 42.0 Å². The minimum Gasteiger partial charge on any atom is -0.362 e. The van der Waals surface area contributed by atoms with E-state index in [1.54, 1.807) is 0 Å². The van der Waals surface area contributed by atoms with Crippen molar-refractivity contribution < 1.29 is 26.3 Å². The third kappa shape index (κ3) is 6.10. The van der Waals surface area contributed by atoms with E-state index in [-0.39, 0.29) is 0 Å². The maximum atomic E-state index is 13.2. The molecule has 5 nitrogen and oxygen atoms in total. The monoisotopic (exact) mass is 611 g/mol. The summed E-state index contributed by atoms with van der Waals surface area (Å²) >= 11 is 0. The third-order valence-electron chi connectivity index (χ3n) is 8.40. The Morgan fingerprint density at radius 1 is 0.705 bits per heavy atom. The van der Waals surface area contributed by atoms with Gasteiger partial charge in [0.15, 0.2) is 5.82 Å². The highest BCUT2D eigenvalue weighted by Gasteiger charge is 2.32. The molecule has 2 aliphatic heterocycles. The van der Waals surface area contributed by atoms with Crippen molar-refractivity contribution in [2.24, 2.45) is 0 Å². The molecule has 0 amide bonds. The second kappa shape index (κ2) is 11.8. The Morgan fingerprint density at radius 3 is 1.80 bits per heavy atom. The largest absolute Gasteiger partial charge is 0.416 e. The molecule has 0 radical (unpaired) electrons. The van der Waals surface area contributed by atoms with E-state index in [0.717, 1.165) is 85.5 Å². The molecular formula is C33H31F6N5. The van der Waals surface area contributed by atoms with Crippen LogP contribution in [0.4, 0.5) is 32.0 Å². The van der Waals surface area contributed by atoms with Crippen LogP contribution in [0.5, 0.6) is 0 Å². The molecular weight excluding hydrogens is 580 g/mol. The molecule has 0 N–H and O–H groups in total. The van der Waals surface area contributed by atoms with Gasteiger partial charge in [-0.15, -0.1) is 10.2 Å². The van der Waals surface area contributed by atoms with Gasteiger partial charge in [0.25, 0.3) is 0 Å². The average Bonchev–Trinajstić information content (AvgIpc) is 3.38. The van der Waals surface area contributed by atoms with Crippen molar-refractivity contribution in [3.63, 3.8) is 0 Å². The smallest absolute Gasteiger partial charge is 0.362 e. The second-order valence-corrected chi connectivity index (χ2v) is 11.2. The van der Waals surface area contributed by atoms with E-state index in [0.29, 0.717) is 36.1 Å². The Labute approximate surface area is 251 Å². The zero-order valence-corrected chi connectivity index (χ0v) is 24.1. The third-order valence-corrected chi connectivity index (χ3v) is 8.40. The van der Waals surface area contributed by atoms with E-state index in [9.17, 15) is 26.3 Å². The number of benzene rings is 3. The summed E-state index contributed by atoms with van der Waals surface area (Å²) in [6.45, 7) is 5.84. The molecule has 1 aromatic heterocycles. The van der Waals surface area contributed by atoms with E-state index >= 15 is 0 Å². The molecule has 0 atom stereocenters. The zero-order valence-electron chi connectivity index (χ0n) is 24.1. The fraction of sp³-hybridized carbons (Fsp3) is 0.333. The van der Waals surface area contributed by atoms with Crippen LogP contribution in [0.25, 0.3) is 11.3 Å². The first-order valence-corrected chi connectivity index (χ1v) is 14.5. The first-order valence-electron chi connectivity index (χ1n) is 14.5. The summed E-state index contributed by atoms with van der Waals surface area (Å²) in [4.78, 5) is 4.69. The highest BCUT2D eigenvalue weighted by Crippen LogP contribution is 2.37. The molecule has 230 valence electrons. The number of fused-ring (bicyclic) bond motifs is 3. The van der Waals surface area contributed by atoms with Crippen molar-refractivity contribution in [1.29, 1.82) is 0 Å². The van der Waals surface area contributed by atoms with Crippen molar-refractivity contribution in [3.05, 3.63) is 112 Å². The van der Waals surface area contributed by atoms with Crippen molar-refractivity contribution in [3.8, 4) is 5.69 Å². The minimum absolute atomic E-state index is 0.563. The summed E-state index contributed by atoms with van der Waals surface area (Å²) in [6, 6.07) is 18.0. The average molecular weight is 612 g/mol. The molecule has 0 bridgehead atoms. The standard InChI is InChI=1S/C33H31F6N5/c1-22-40-41-30-21-43(28-5-2-3-6-29(28)44(22)30)18-4-17-42-19-15-25(16-20-42)31(23-7-11-26(12-8-23)32(34,35)36)24-9-13-27(14-10-24)33(37,38)39/h2-3,5-14H,4,15-21H2,1H3. The number of hydrogen-bond acceptors (Lipinski definition) is 4. The predicted octanol–water partition coefficient (Wildman–Crippen LogP) is 7.92. The van der Waals surface area contributed by atoms with Crippen LogP contribution in [0.1, 0.15) is 53.2 Å². The van der Waals surface area contributed by atoms with Crippen LogP contribution in [0.2, 0.25) is 0 Å². The van der Waals surface area contributed by atoms with E-state index in [1.807, 2.05) is 19.1 Å². The molecule has 44 heavy (non-hydrogen) atoms. The van der Waals surface area contributed by atoms with Crippen molar-refractivity contribution in [1.82, 2.24) is 19.7 Å².